The monoisotopic (exact) mass is 372 g/mol. The van der Waals surface area contributed by atoms with Crippen LogP contribution in [0, 0.1) is 6.92 Å². The molecule has 1 aliphatic heterocycles. The molecule has 1 saturated heterocycles. The molecule has 1 unspecified atom stereocenters. The van der Waals surface area contributed by atoms with E-state index in [2.05, 4.69) is 31.2 Å². The highest BCUT2D eigenvalue weighted by Crippen LogP contribution is 2.25. The van der Waals surface area contributed by atoms with Gasteiger partial charge in [0, 0.05) is 31.1 Å². The van der Waals surface area contributed by atoms with Crippen molar-refractivity contribution in [2.24, 2.45) is 0 Å². The van der Waals surface area contributed by atoms with Crippen LogP contribution in [-0.2, 0) is 4.79 Å². The Morgan fingerprint density at radius 3 is 2.42 bits per heavy atom. The third kappa shape index (κ3) is 4.49. The molecule has 2 amide bonds. The van der Waals surface area contributed by atoms with Gasteiger partial charge >= 0.3 is 0 Å². The molecule has 26 heavy (non-hydrogen) atoms. The van der Waals surface area contributed by atoms with Gasteiger partial charge in [-0.1, -0.05) is 17.7 Å². The number of nitrogens with zero attached hydrogens (tertiary/aromatic N) is 2. The number of rotatable bonds is 4. The summed E-state index contributed by atoms with van der Waals surface area (Å²) in [5.41, 5.74) is 1.21. The first-order chi connectivity index (χ1) is 12.5. The molecule has 1 aromatic heterocycles. The van der Waals surface area contributed by atoms with E-state index in [1.165, 1.54) is 11.8 Å². The van der Waals surface area contributed by atoms with E-state index in [0.29, 0.717) is 31.9 Å². The van der Waals surface area contributed by atoms with E-state index >= 15 is 0 Å². The predicted molar refractivity (Wildman–Crippen MR) is 102 cm³/mol. The van der Waals surface area contributed by atoms with Crippen molar-refractivity contribution in [3.8, 4) is 0 Å². The number of furan rings is 1. The quantitative estimate of drug-likeness (QED) is 0.772. The average Bonchev–Trinajstić information content (AvgIpc) is 3.07. The smallest absolute Gasteiger partial charge is 0.289 e. The van der Waals surface area contributed by atoms with Gasteiger partial charge in [0.05, 0.1) is 11.5 Å². The van der Waals surface area contributed by atoms with Crippen LogP contribution >= 0.6 is 11.8 Å². The van der Waals surface area contributed by atoms with Crippen LogP contribution in [0.15, 0.2) is 52.0 Å². The lowest BCUT2D eigenvalue weighted by Crippen LogP contribution is -2.40. The fourth-order valence-corrected chi connectivity index (χ4v) is 3.98. The van der Waals surface area contributed by atoms with E-state index in [9.17, 15) is 9.59 Å². The highest BCUT2D eigenvalue weighted by molar-refractivity contribution is 8.00. The zero-order chi connectivity index (χ0) is 18.5. The fraction of sp³-hybridized carbons (Fsp3) is 0.400. The van der Waals surface area contributed by atoms with Crippen molar-refractivity contribution in [1.29, 1.82) is 0 Å². The lowest BCUT2D eigenvalue weighted by Gasteiger charge is -2.24. The van der Waals surface area contributed by atoms with Gasteiger partial charge in [-0.15, -0.1) is 11.8 Å². The Morgan fingerprint density at radius 2 is 1.73 bits per heavy atom. The molecule has 0 aliphatic carbocycles. The number of carbonyl (C=O) groups excluding carboxylic acids is 2. The molecule has 0 N–H and O–H groups in total. The maximum atomic E-state index is 12.8. The van der Waals surface area contributed by atoms with Crippen LogP contribution in [0.2, 0.25) is 0 Å². The summed E-state index contributed by atoms with van der Waals surface area (Å²) in [4.78, 5) is 30.0. The zero-order valence-corrected chi connectivity index (χ0v) is 16.0. The number of hydrogen-bond donors (Lipinski definition) is 0. The maximum absolute atomic E-state index is 12.8. The molecular formula is C20H24N2O3S. The van der Waals surface area contributed by atoms with E-state index in [1.807, 2.05) is 11.8 Å². The standard InChI is InChI=1S/C20H24N2O3S/c1-15-6-8-17(9-7-15)26-16(2)19(23)21-10-4-11-22(13-12-21)20(24)18-5-3-14-25-18/h3,5-9,14,16H,4,10-13H2,1-2H3. The van der Waals surface area contributed by atoms with Crippen molar-refractivity contribution in [2.75, 3.05) is 26.2 Å². The summed E-state index contributed by atoms with van der Waals surface area (Å²) in [5.74, 6) is 0.377. The van der Waals surface area contributed by atoms with Gasteiger partial charge in [0.1, 0.15) is 0 Å². The van der Waals surface area contributed by atoms with Gasteiger partial charge < -0.3 is 14.2 Å². The normalized spacial score (nSPS) is 16.2. The molecule has 1 aromatic carbocycles. The number of hydrogen-bond acceptors (Lipinski definition) is 4. The Labute approximate surface area is 158 Å². The second-order valence-corrected chi connectivity index (χ2v) is 7.94. The number of aryl methyl sites for hydroxylation is 1. The van der Waals surface area contributed by atoms with E-state index in [1.54, 1.807) is 28.8 Å². The maximum Gasteiger partial charge on any atom is 0.289 e. The summed E-state index contributed by atoms with van der Waals surface area (Å²) in [6.07, 6.45) is 2.28. The molecule has 138 valence electrons. The molecule has 3 rings (SSSR count). The van der Waals surface area contributed by atoms with Crippen molar-refractivity contribution in [1.82, 2.24) is 9.80 Å². The second kappa shape index (κ2) is 8.45. The van der Waals surface area contributed by atoms with Crippen molar-refractivity contribution >= 4 is 23.6 Å². The van der Waals surface area contributed by atoms with E-state index in [0.717, 1.165) is 11.3 Å². The third-order valence-corrected chi connectivity index (χ3v) is 5.61. The Hall–Kier alpha value is -2.21. The summed E-state index contributed by atoms with van der Waals surface area (Å²) >= 11 is 1.58. The van der Waals surface area contributed by atoms with Crippen LogP contribution in [0.4, 0.5) is 0 Å². The minimum Gasteiger partial charge on any atom is -0.459 e. The minimum absolute atomic E-state index is 0.105. The lowest BCUT2D eigenvalue weighted by molar-refractivity contribution is -0.130. The van der Waals surface area contributed by atoms with Crippen LogP contribution in [0.5, 0.6) is 0 Å². The van der Waals surface area contributed by atoms with E-state index < -0.39 is 0 Å². The largest absolute Gasteiger partial charge is 0.459 e. The van der Waals surface area contributed by atoms with Gasteiger partial charge in [-0.25, -0.2) is 0 Å². The van der Waals surface area contributed by atoms with Gasteiger partial charge in [0.15, 0.2) is 5.76 Å². The molecular weight excluding hydrogens is 348 g/mol. The lowest BCUT2D eigenvalue weighted by atomic mass is 10.2. The van der Waals surface area contributed by atoms with Gasteiger partial charge in [-0.2, -0.15) is 0 Å². The zero-order valence-electron chi connectivity index (χ0n) is 15.2. The van der Waals surface area contributed by atoms with Crippen molar-refractivity contribution < 1.29 is 14.0 Å². The molecule has 0 saturated carbocycles. The first-order valence-electron chi connectivity index (χ1n) is 8.89. The molecule has 0 bridgehead atoms. The predicted octanol–water partition coefficient (Wildman–Crippen LogP) is 3.44. The molecule has 0 spiro atoms. The number of amides is 2. The molecule has 6 heteroatoms. The van der Waals surface area contributed by atoms with Crippen molar-refractivity contribution in [3.05, 3.63) is 54.0 Å². The van der Waals surface area contributed by atoms with Gasteiger partial charge in [0.25, 0.3) is 5.91 Å². The minimum atomic E-state index is -0.148. The van der Waals surface area contributed by atoms with Gasteiger partial charge in [-0.3, -0.25) is 9.59 Å². The molecule has 5 nitrogen and oxygen atoms in total. The Bertz CT molecular complexity index is 743. The third-order valence-electron chi connectivity index (χ3n) is 4.51. The molecule has 1 aliphatic rings. The molecule has 0 radical (unpaired) electrons. The summed E-state index contributed by atoms with van der Waals surface area (Å²) in [7, 11) is 0. The van der Waals surface area contributed by atoms with Crippen LogP contribution in [0.25, 0.3) is 0 Å². The summed E-state index contributed by atoms with van der Waals surface area (Å²) in [6.45, 7) is 6.42. The summed E-state index contributed by atoms with van der Waals surface area (Å²) in [5, 5.41) is -0.148. The Kier molecular flexibility index (Phi) is 6.04. The highest BCUT2D eigenvalue weighted by Gasteiger charge is 2.26. The van der Waals surface area contributed by atoms with Crippen LogP contribution in [-0.4, -0.2) is 53.0 Å². The highest BCUT2D eigenvalue weighted by atomic mass is 32.2. The first-order valence-corrected chi connectivity index (χ1v) is 9.77. The van der Waals surface area contributed by atoms with Crippen LogP contribution < -0.4 is 0 Å². The van der Waals surface area contributed by atoms with Crippen molar-refractivity contribution in [3.63, 3.8) is 0 Å². The summed E-state index contributed by atoms with van der Waals surface area (Å²) in [6, 6.07) is 11.6. The average molecular weight is 372 g/mol. The van der Waals surface area contributed by atoms with Crippen LogP contribution in [0.1, 0.15) is 29.5 Å². The second-order valence-electron chi connectivity index (χ2n) is 6.52. The fourth-order valence-electron chi connectivity index (χ4n) is 3.03. The first kappa shape index (κ1) is 18.6. The van der Waals surface area contributed by atoms with Crippen molar-refractivity contribution in [2.45, 2.75) is 30.4 Å². The molecule has 2 aromatic rings. The molecule has 1 fully saturated rings. The molecule has 1 atom stereocenters. The summed E-state index contributed by atoms with van der Waals surface area (Å²) < 4.78 is 5.20. The topological polar surface area (TPSA) is 53.8 Å². The van der Waals surface area contributed by atoms with E-state index in [-0.39, 0.29) is 17.1 Å². The Balaban J connectivity index is 1.56. The van der Waals surface area contributed by atoms with Crippen LogP contribution in [0.3, 0.4) is 0 Å². The van der Waals surface area contributed by atoms with Gasteiger partial charge in [0.2, 0.25) is 5.91 Å². The SMILES string of the molecule is Cc1ccc(SC(C)C(=O)N2CCCN(C(=O)c3ccco3)CC2)cc1. The number of carbonyl (C=O) groups is 2. The number of benzene rings is 1. The van der Waals surface area contributed by atoms with E-state index in [4.69, 9.17) is 4.42 Å². The number of thioether (sulfide) groups is 1. The Morgan fingerprint density at radius 1 is 1.04 bits per heavy atom. The molecule has 2 heterocycles. The van der Waals surface area contributed by atoms with Gasteiger partial charge in [-0.05, 0) is 44.5 Å².